The van der Waals surface area contributed by atoms with Gasteiger partial charge in [-0.15, -0.1) is 0 Å². The van der Waals surface area contributed by atoms with Crippen LogP contribution in [-0.2, 0) is 17.9 Å². The molecule has 142 valence electrons. The van der Waals surface area contributed by atoms with Crippen LogP contribution in [0.5, 0.6) is 5.75 Å². The van der Waals surface area contributed by atoms with E-state index in [1.165, 1.54) is 16.8 Å². The molecule has 4 rings (SSSR count). The summed E-state index contributed by atoms with van der Waals surface area (Å²) in [6.07, 6.45) is 4.17. The number of hydrogen-bond acceptors (Lipinski definition) is 4. The topological polar surface area (TPSA) is 50.4 Å². The third kappa shape index (κ3) is 3.99. The van der Waals surface area contributed by atoms with E-state index in [4.69, 9.17) is 9.47 Å². The van der Waals surface area contributed by atoms with Crippen LogP contribution in [-0.4, -0.2) is 42.2 Å². The largest absolute Gasteiger partial charge is 0.496 e. The Balaban J connectivity index is 1.41. The minimum Gasteiger partial charge on any atom is -0.496 e. The van der Waals surface area contributed by atoms with E-state index in [-0.39, 0.29) is 0 Å². The number of pyridine rings is 1. The van der Waals surface area contributed by atoms with E-state index >= 15 is 0 Å². The number of benzene rings is 1. The quantitative estimate of drug-likeness (QED) is 0.715. The van der Waals surface area contributed by atoms with E-state index in [0.29, 0.717) is 12.5 Å². The first-order valence-electron chi connectivity index (χ1n) is 9.57. The Hall–Kier alpha value is -2.37. The summed E-state index contributed by atoms with van der Waals surface area (Å²) in [5, 5.41) is 0. The van der Waals surface area contributed by atoms with Crippen LogP contribution in [0.25, 0.3) is 11.0 Å². The summed E-state index contributed by atoms with van der Waals surface area (Å²) in [6, 6.07) is 12.6. The summed E-state index contributed by atoms with van der Waals surface area (Å²) in [5.74, 6) is 1.54. The van der Waals surface area contributed by atoms with Gasteiger partial charge in [-0.1, -0.05) is 6.07 Å². The number of aromatic nitrogens is 2. The first-order chi connectivity index (χ1) is 13.3. The molecule has 0 spiro atoms. The number of likely N-dealkylation sites (tertiary alicyclic amines) is 1. The highest BCUT2D eigenvalue weighted by molar-refractivity contribution is 5.75. The van der Waals surface area contributed by atoms with Gasteiger partial charge < -0.3 is 14.5 Å². The van der Waals surface area contributed by atoms with Crippen LogP contribution in [0.4, 0.5) is 0 Å². The molecular weight excluding hydrogens is 338 g/mol. The van der Waals surface area contributed by atoms with Crippen molar-refractivity contribution in [2.45, 2.75) is 31.9 Å². The highest BCUT2D eigenvalue weighted by atomic mass is 16.5. The average molecular weight is 365 g/mol. The van der Waals surface area contributed by atoms with Gasteiger partial charge in [0, 0.05) is 37.0 Å². The Kier molecular flexibility index (Phi) is 5.41. The van der Waals surface area contributed by atoms with Gasteiger partial charge in [0.1, 0.15) is 5.75 Å². The number of hydrogen-bond donors (Lipinski definition) is 1. The lowest BCUT2D eigenvalue weighted by molar-refractivity contribution is 0.184. The van der Waals surface area contributed by atoms with Crippen molar-refractivity contribution in [3.05, 3.63) is 59.4 Å². The maximum Gasteiger partial charge on any atom is 0.123 e. The molecule has 1 saturated heterocycles. The van der Waals surface area contributed by atoms with E-state index in [1.807, 2.05) is 18.3 Å². The summed E-state index contributed by atoms with van der Waals surface area (Å²) < 4.78 is 10.8. The Morgan fingerprint density at radius 2 is 2.00 bits per heavy atom. The zero-order valence-electron chi connectivity index (χ0n) is 16.1. The van der Waals surface area contributed by atoms with Crippen molar-refractivity contribution in [3.63, 3.8) is 0 Å². The molecule has 3 heterocycles. The first kappa shape index (κ1) is 18.0. The third-order valence-electron chi connectivity index (χ3n) is 5.49. The maximum atomic E-state index is 5.56. The second-order valence-corrected chi connectivity index (χ2v) is 7.29. The molecule has 5 nitrogen and oxygen atoms in total. The minimum absolute atomic E-state index is 0.581. The first-order valence-corrected chi connectivity index (χ1v) is 9.57. The van der Waals surface area contributed by atoms with E-state index in [9.17, 15) is 0 Å². The van der Waals surface area contributed by atoms with Crippen LogP contribution in [0.2, 0.25) is 0 Å². The minimum atomic E-state index is 0.581. The van der Waals surface area contributed by atoms with E-state index in [1.54, 1.807) is 14.2 Å². The fraction of sp³-hybridized carbons (Fsp3) is 0.409. The predicted molar refractivity (Wildman–Crippen MR) is 107 cm³/mol. The number of H-pyrrole nitrogens is 1. The molecule has 0 saturated carbocycles. The lowest BCUT2D eigenvalue weighted by Crippen LogP contribution is -2.32. The molecular formula is C22H27N3O2. The molecule has 1 aliphatic rings. The van der Waals surface area contributed by atoms with Crippen molar-refractivity contribution < 1.29 is 9.47 Å². The molecule has 2 aromatic heterocycles. The molecule has 1 aromatic carbocycles. The molecule has 5 heteroatoms. The Morgan fingerprint density at radius 1 is 1.15 bits per heavy atom. The molecule has 0 amide bonds. The summed E-state index contributed by atoms with van der Waals surface area (Å²) in [5.41, 5.74) is 5.95. The van der Waals surface area contributed by atoms with Crippen molar-refractivity contribution in [3.8, 4) is 5.75 Å². The van der Waals surface area contributed by atoms with Gasteiger partial charge in [0.25, 0.3) is 0 Å². The fourth-order valence-electron chi connectivity index (χ4n) is 4.05. The monoisotopic (exact) mass is 365 g/mol. The standard InChI is InChI=1S/C22H27N3O2/c1-26-15-16-5-6-22(27-2)18(12-16)14-25-10-7-17(8-11-25)20-13-21-19(24-20)4-3-9-23-21/h3-6,9,12-13,17,24H,7-8,10-11,14-15H2,1-2H3. The second-order valence-electron chi connectivity index (χ2n) is 7.29. The van der Waals surface area contributed by atoms with Crippen LogP contribution >= 0.6 is 0 Å². The molecule has 0 bridgehead atoms. The number of rotatable bonds is 6. The molecule has 1 aliphatic heterocycles. The smallest absolute Gasteiger partial charge is 0.123 e. The Morgan fingerprint density at radius 3 is 2.74 bits per heavy atom. The summed E-state index contributed by atoms with van der Waals surface area (Å²) >= 11 is 0. The zero-order valence-corrected chi connectivity index (χ0v) is 16.1. The van der Waals surface area contributed by atoms with E-state index < -0.39 is 0 Å². The molecule has 0 unspecified atom stereocenters. The second kappa shape index (κ2) is 8.11. The molecule has 3 aromatic rings. The molecule has 0 radical (unpaired) electrons. The van der Waals surface area contributed by atoms with Crippen molar-refractivity contribution >= 4 is 11.0 Å². The van der Waals surface area contributed by atoms with Gasteiger partial charge in [0.15, 0.2) is 0 Å². The van der Waals surface area contributed by atoms with Crippen molar-refractivity contribution in [1.82, 2.24) is 14.9 Å². The molecule has 1 fully saturated rings. The van der Waals surface area contributed by atoms with Gasteiger partial charge in [-0.05, 0) is 61.8 Å². The lowest BCUT2D eigenvalue weighted by Gasteiger charge is -2.32. The number of methoxy groups -OCH3 is 2. The van der Waals surface area contributed by atoms with Crippen LogP contribution in [0, 0.1) is 0 Å². The third-order valence-corrected chi connectivity index (χ3v) is 5.49. The summed E-state index contributed by atoms with van der Waals surface area (Å²) in [6.45, 7) is 3.73. The Bertz CT molecular complexity index is 864. The number of nitrogens with zero attached hydrogens (tertiary/aromatic N) is 2. The molecule has 1 N–H and O–H groups in total. The molecule has 0 aliphatic carbocycles. The number of piperidine rings is 1. The maximum absolute atomic E-state index is 5.56. The molecule has 0 atom stereocenters. The molecule has 27 heavy (non-hydrogen) atoms. The van der Waals surface area contributed by atoms with Crippen molar-refractivity contribution in [2.75, 3.05) is 27.3 Å². The number of nitrogens with one attached hydrogen (secondary N) is 1. The number of aromatic amines is 1. The van der Waals surface area contributed by atoms with Crippen LogP contribution in [0.3, 0.4) is 0 Å². The van der Waals surface area contributed by atoms with E-state index in [0.717, 1.165) is 49.3 Å². The summed E-state index contributed by atoms with van der Waals surface area (Å²) in [7, 11) is 3.47. The van der Waals surface area contributed by atoms with Crippen molar-refractivity contribution in [2.24, 2.45) is 0 Å². The van der Waals surface area contributed by atoms with Gasteiger partial charge in [0.05, 0.1) is 24.8 Å². The van der Waals surface area contributed by atoms with Gasteiger partial charge in [-0.2, -0.15) is 0 Å². The van der Waals surface area contributed by atoms with Crippen LogP contribution in [0.15, 0.2) is 42.6 Å². The SMILES string of the molecule is COCc1ccc(OC)c(CN2CCC(c3cc4ncccc4[nH]3)CC2)c1. The van der Waals surface area contributed by atoms with Crippen LogP contribution < -0.4 is 4.74 Å². The predicted octanol–water partition coefficient (Wildman–Crippen LogP) is 4.10. The zero-order chi connectivity index (χ0) is 18.6. The fourth-order valence-corrected chi connectivity index (χ4v) is 4.05. The highest BCUT2D eigenvalue weighted by Gasteiger charge is 2.23. The summed E-state index contributed by atoms with van der Waals surface area (Å²) in [4.78, 5) is 10.5. The lowest BCUT2D eigenvalue weighted by atomic mass is 9.93. The van der Waals surface area contributed by atoms with Gasteiger partial charge in [-0.25, -0.2) is 0 Å². The van der Waals surface area contributed by atoms with Gasteiger partial charge in [-0.3, -0.25) is 9.88 Å². The average Bonchev–Trinajstić information content (AvgIpc) is 3.13. The van der Waals surface area contributed by atoms with E-state index in [2.05, 4.69) is 39.1 Å². The number of ether oxygens (including phenoxy) is 2. The normalized spacial score (nSPS) is 16.1. The van der Waals surface area contributed by atoms with Gasteiger partial charge in [0.2, 0.25) is 0 Å². The number of fused-ring (bicyclic) bond motifs is 1. The Labute approximate surface area is 160 Å². The van der Waals surface area contributed by atoms with Crippen molar-refractivity contribution in [1.29, 1.82) is 0 Å². The van der Waals surface area contributed by atoms with Gasteiger partial charge >= 0.3 is 0 Å². The van der Waals surface area contributed by atoms with Crippen LogP contribution in [0.1, 0.15) is 35.6 Å². The highest BCUT2D eigenvalue weighted by Crippen LogP contribution is 2.31.